The number of rotatable bonds is 3. The molecule has 3 rings (SSSR count). The summed E-state index contributed by atoms with van der Waals surface area (Å²) in [7, 11) is 0. The van der Waals surface area contributed by atoms with E-state index in [0.29, 0.717) is 28.1 Å². The van der Waals surface area contributed by atoms with Crippen LogP contribution in [0.15, 0.2) is 49.1 Å². The average molecular weight is 521 g/mol. The summed E-state index contributed by atoms with van der Waals surface area (Å²) in [5.74, 6) is 0.159. The molecule has 1 saturated heterocycles. The molecule has 1 amide bonds. The number of hydrogen-bond donors (Lipinski definition) is 0. The molecule has 8 heteroatoms. The number of amidine groups is 1. The maximum Gasteiger partial charge on any atom is 0.266 e. The second kappa shape index (κ2) is 7.40. The Kier molecular flexibility index (Phi) is 5.46. The Balaban J connectivity index is 1.92. The minimum absolute atomic E-state index is 0.120. The van der Waals surface area contributed by atoms with Crippen LogP contribution in [0, 0.1) is 9.58 Å². The number of hydrogen-bond acceptors (Lipinski definition) is 4. The molecule has 0 bridgehead atoms. The molecule has 1 aromatic carbocycles. The lowest BCUT2D eigenvalue weighted by Gasteiger charge is -2.11. The highest BCUT2D eigenvalue weighted by molar-refractivity contribution is 14.1. The molecule has 0 radical (unpaired) electrons. The van der Waals surface area contributed by atoms with E-state index in [1.807, 2.05) is 13.0 Å². The first-order chi connectivity index (χ1) is 11.5. The van der Waals surface area contributed by atoms with Crippen molar-refractivity contribution in [3.05, 3.63) is 55.1 Å². The van der Waals surface area contributed by atoms with Crippen LogP contribution < -0.4 is 0 Å². The van der Waals surface area contributed by atoms with Crippen LogP contribution >= 0.6 is 50.3 Å². The van der Waals surface area contributed by atoms with E-state index in [2.05, 4.69) is 43.5 Å². The lowest BCUT2D eigenvalue weighted by atomic mass is 10.3. The zero-order valence-electron chi connectivity index (χ0n) is 12.4. The molecule has 0 N–H and O–H groups in total. The smallest absolute Gasteiger partial charge is 0.266 e. The summed E-state index contributed by atoms with van der Waals surface area (Å²) in [6.45, 7) is 2.39. The van der Waals surface area contributed by atoms with Gasteiger partial charge in [-0.1, -0.05) is 0 Å². The monoisotopic (exact) mass is 520 g/mol. The lowest BCUT2D eigenvalue weighted by Crippen LogP contribution is -2.28. The van der Waals surface area contributed by atoms with Crippen molar-refractivity contribution < 1.29 is 13.6 Å². The second-order valence-corrected chi connectivity index (χ2v) is 7.64. The van der Waals surface area contributed by atoms with Gasteiger partial charge >= 0.3 is 0 Å². The molecule has 0 aliphatic carbocycles. The van der Waals surface area contributed by atoms with Crippen LogP contribution in [0.25, 0.3) is 6.08 Å². The molecule has 2 aromatic rings. The Morgan fingerprint density at radius 2 is 2.12 bits per heavy atom. The van der Waals surface area contributed by atoms with Crippen molar-refractivity contribution in [3.8, 4) is 0 Å². The van der Waals surface area contributed by atoms with Crippen molar-refractivity contribution in [2.24, 2.45) is 4.99 Å². The van der Waals surface area contributed by atoms with E-state index in [9.17, 15) is 9.18 Å². The number of benzene rings is 1. The number of likely N-dealkylation sites (N-methyl/N-ethyl adjacent to an activating group) is 1. The predicted octanol–water partition coefficient (Wildman–Crippen LogP) is 5.41. The van der Waals surface area contributed by atoms with Crippen LogP contribution in [0.1, 0.15) is 12.7 Å². The predicted molar refractivity (Wildman–Crippen MR) is 106 cm³/mol. The fourth-order valence-electron chi connectivity index (χ4n) is 2.06. The van der Waals surface area contributed by atoms with Gasteiger partial charge < -0.3 is 4.42 Å². The van der Waals surface area contributed by atoms with Gasteiger partial charge in [0.2, 0.25) is 0 Å². The molecule has 4 nitrogen and oxygen atoms in total. The minimum Gasteiger partial charge on any atom is -0.450 e. The maximum absolute atomic E-state index is 13.0. The highest BCUT2D eigenvalue weighted by Gasteiger charge is 2.32. The first kappa shape index (κ1) is 17.7. The van der Waals surface area contributed by atoms with Crippen LogP contribution in [0.3, 0.4) is 0 Å². The molecule has 1 aliphatic heterocycles. The van der Waals surface area contributed by atoms with Crippen molar-refractivity contribution >= 4 is 73.1 Å². The molecule has 1 aliphatic rings. The molecular formula is C16H11BrFIN2O2S. The number of amides is 1. The number of carbonyl (C=O) groups is 1. The highest BCUT2D eigenvalue weighted by atomic mass is 127. The summed E-state index contributed by atoms with van der Waals surface area (Å²) in [5.41, 5.74) is 0.599. The molecule has 0 unspecified atom stereocenters. The van der Waals surface area contributed by atoms with Crippen LogP contribution in [-0.2, 0) is 4.79 Å². The van der Waals surface area contributed by atoms with E-state index in [4.69, 9.17) is 4.42 Å². The van der Waals surface area contributed by atoms with Gasteiger partial charge in [0.25, 0.3) is 5.91 Å². The van der Waals surface area contributed by atoms with Gasteiger partial charge in [-0.05, 0) is 64.9 Å². The maximum atomic E-state index is 13.0. The van der Waals surface area contributed by atoms with Gasteiger partial charge in [-0.15, -0.1) is 0 Å². The van der Waals surface area contributed by atoms with Crippen LogP contribution in [0.5, 0.6) is 0 Å². The van der Waals surface area contributed by atoms with E-state index in [1.54, 1.807) is 23.1 Å². The molecule has 1 aromatic heterocycles. The summed E-state index contributed by atoms with van der Waals surface area (Å²) in [5, 5.41) is 0.570. The summed E-state index contributed by atoms with van der Waals surface area (Å²) in [6, 6.07) is 7.66. The van der Waals surface area contributed by atoms with Gasteiger partial charge in [0, 0.05) is 35.2 Å². The Morgan fingerprint density at radius 1 is 1.42 bits per heavy atom. The zero-order chi connectivity index (χ0) is 17.3. The highest BCUT2D eigenvalue weighted by Crippen LogP contribution is 2.35. The van der Waals surface area contributed by atoms with Crippen molar-refractivity contribution in [2.75, 3.05) is 6.54 Å². The third-order valence-electron chi connectivity index (χ3n) is 3.19. The van der Waals surface area contributed by atoms with Crippen LogP contribution in [0.2, 0.25) is 0 Å². The van der Waals surface area contributed by atoms with E-state index in [-0.39, 0.29) is 11.7 Å². The van der Waals surface area contributed by atoms with E-state index >= 15 is 0 Å². The van der Waals surface area contributed by atoms with E-state index in [1.165, 1.54) is 23.9 Å². The molecule has 24 heavy (non-hydrogen) atoms. The van der Waals surface area contributed by atoms with Gasteiger partial charge in [0.15, 0.2) is 8.93 Å². The van der Waals surface area contributed by atoms with Gasteiger partial charge in [-0.3, -0.25) is 9.69 Å². The largest absolute Gasteiger partial charge is 0.450 e. The zero-order valence-corrected chi connectivity index (χ0v) is 17.0. The molecular weight excluding hydrogens is 510 g/mol. The quantitative estimate of drug-likeness (QED) is 0.401. The summed E-state index contributed by atoms with van der Waals surface area (Å²) >= 11 is 6.73. The van der Waals surface area contributed by atoms with Crippen LogP contribution in [0.4, 0.5) is 10.1 Å². The number of carbonyl (C=O) groups excluding carboxylic acids is 1. The SMILES string of the molecule is CCN1C(=O)/C(=C/c2cc(Br)c(I)o2)SC1=Nc1ccc(F)cc1. The van der Waals surface area contributed by atoms with Crippen molar-refractivity contribution in [2.45, 2.75) is 6.92 Å². The Labute approximate surface area is 164 Å². The summed E-state index contributed by atoms with van der Waals surface area (Å²) in [6.07, 6.45) is 1.70. The first-order valence-electron chi connectivity index (χ1n) is 6.98. The number of thioether (sulfide) groups is 1. The molecule has 0 atom stereocenters. The van der Waals surface area contributed by atoms with E-state index < -0.39 is 0 Å². The molecule has 0 saturated carbocycles. The fourth-order valence-corrected chi connectivity index (χ4v) is 3.82. The Morgan fingerprint density at radius 3 is 2.71 bits per heavy atom. The number of furan rings is 1. The Bertz CT molecular complexity index is 829. The third-order valence-corrected chi connectivity index (χ3v) is 6.33. The normalized spacial score (nSPS) is 18.2. The topological polar surface area (TPSA) is 45.8 Å². The lowest BCUT2D eigenvalue weighted by molar-refractivity contribution is -0.122. The Hall–Kier alpha value is -1.13. The number of nitrogens with zero attached hydrogens (tertiary/aromatic N) is 2. The number of halogens is 3. The van der Waals surface area contributed by atoms with Crippen molar-refractivity contribution in [1.29, 1.82) is 0 Å². The molecule has 1 fully saturated rings. The standard InChI is InChI=1S/C16H11BrFIN2O2S/c1-2-21-15(22)13(8-11-7-12(17)14(19)23-11)24-16(21)20-10-5-3-9(18)4-6-10/h3-8H,2H2,1H3/b13-8-,20-16?. The van der Waals surface area contributed by atoms with Gasteiger partial charge in [0.05, 0.1) is 15.1 Å². The molecule has 2 heterocycles. The van der Waals surface area contributed by atoms with Gasteiger partial charge in [-0.25, -0.2) is 9.38 Å². The third kappa shape index (κ3) is 3.75. The van der Waals surface area contributed by atoms with Crippen molar-refractivity contribution in [3.63, 3.8) is 0 Å². The molecule has 124 valence electrons. The fraction of sp³-hybridized carbons (Fsp3) is 0.125. The van der Waals surface area contributed by atoms with Crippen LogP contribution in [-0.4, -0.2) is 22.5 Å². The van der Waals surface area contributed by atoms with Gasteiger partial charge in [-0.2, -0.15) is 0 Å². The molecule has 0 spiro atoms. The summed E-state index contributed by atoms with van der Waals surface area (Å²) < 4.78 is 20.1. The van der Waals surface area contributed by atoms with Gasteiger partial charge in [0.1, 0.15) is 11.6 Å². The van der Waals surface area contributed by atoms with E-state index in [0.717, 1.165) is 8.24 Å². The minimum atomic E-state index is -0.319. The second-order valence-electron chi connectivity index (χ2n) is 4.80. The first-order valence-corrected chi connectivity index (χ1v) is 9.67. The number of aliphatic imine (C=N–C) groups is 1. The summed E-state index contributed by atoms with van der Waals surface area (Å²) in [4.78, 5) is 19.1. The van der Waals surface area contributed by atoms with Crippen molar-refractivity contribution in [1.82, 2.24) is 4.90 Å². The average Bonchev–Trinajstić information content (AvgIpc) is 3.01.